The summed E-state index contributed by atoms with van der Waals surface area (Å²) >= 11 is 0. The number of para-hydroxylation sites is 1. The number of carbonyl (C=O) groups excluding carboxylic acids is 2. The zero-order valence-electron chi connectivity index (χ0n) is 16.2. The Labute approximate surface area is 170 Å². The standard InChI is InChI=1S/C23H24N4O2/c28-22(10-9-20-13-19-3-1-2-4-21(19)26-23(20)29)25-14-17-5-7-18(8-6-17)15-27-12-11-24-16-27/h1-8,11-12,16,20H,9-10,13-15H2,(H,25,28)(H,26,29)/t20-/m1/s1. The van der Waals surface area contributed by atoms with E-state index in [4.69, 9.17) is 0 Å². The van der Waals surface area contributed by atoms with Gasteiger partial charge in [-0.15, -0.1) is 0 Å². The number of hydrogen-bond acceptors (Lipinski definition) is 3. The Hall–Kier alpha value is -3.41. The second-order valence-corrected chi connectivity index (χ2v) is 7.41. The lowest BCUT2D eigenvalue weighted by atomic mass is 9.89. The lowest BCUT2D eigenvalue weighted by molar-refractivity contribution is -0.122. The molecule has 0 unspecified atom stereocenters. The number of nitrogens with one attached hydrogen (secondary N) is 2. The summed E-state index contributed by atoms with van der Waals surface area (Å²) in [6.07, 6.45) is 7.07. The molecule has 0 saturated heterocycles. The second kappa shape index (κ2) is 8.73. The Kier molecular flexibility index (Phi) is 5.70. The Morgan fingerprint density at radius 2 is 1.93 bits per heavy atom. The maximum absolute atomic E-state index is 12.2. The fraction of sp³-hybridized carbons (Fsp3) is 0.261. The van der Waals surface area contributed by atoms with Crippen molar-refractivity contribution in [1.82, 2.24) is 14.9 Å². The second-order valence-electron chi connectivity index (χ2n) is 7.41. The molecular weight excluding hydrogens is 364 g/mol. The maximum Gasteiger partial charge on any atom is 0.227 e. The van der Waals surface area contributed by atoms with Gasteiger partial charge in [0.05, 0.1) is 6.33 Å². The molecular formula is C23H24N4O2. The summed E-state index contributed by atoms with van der Waals surface area (Å²) in [5.41, 5.74) is 4.25. The first-order chi connectivity index (χ1) is 14.2. The lowest BCUT2D eigenvalue weighted by Crippen LogP contribution is -2.31. The fourth-order valence-electron chi connectivity index (χ4n) is 3.59. The van der Waals surface area contributed by atoms with Crippen LogP contribution in [0.2, 0.25) is 0 Å². The van der Waals surface area contributed by atoms with Gasteiger partial charge in [-0.05, 0) is 35.6 Å². The van der Waals surface area contributed by atoms with Gasteiger partial charge >= 0.3 is 0 Å². The summed E-state index contributed by atoms with van der Waals surface area (Å²) in [4.78, 5) is 28.5. The molecule has 2 heterocycles. The summed E-state index contributed by atoms with van der Waals surface area (Å²) in [5.74, 6) is -0.178. The molecule has 0 fully saturated rings. The molecule has 2 N–H and O–H groups in total. The predicted octanol–water partition coefficient (Wildman–Crippen LogP) is 3.14. The quantitative estimate of drug-likeness (QED) is 0.653. The largest absolute Gasteiger partial charge is 0.352 e. The van der Waals surface area contributed by atoms with Gasteiger partial charge in [0.2, 0.25) is 11.8 Å². The van der Waals surface area contributed by atoms with Crippen LogP contribution in [0.4, 0.5) is 5.69 Å². The van der Waals surface area contributed by atoms with Crippen LogP contribution in [-0.2, 0) is 29.1 Å². The number of benzene rings is 2. The third kappa shape index (κ3) is 4.90. The van der Waals surface area contributed by atoms with E-state index in [1.54, 1.807) is 12.5 Å². The molecule has 2 aromatic carbocycles. The third-order valence-electron chi connectivity index (χ3n) is 5.27. The van der Waals surface area contributed by atoms with E-state index in [1.807, 2.05) is 47.2 Å². The van der Waals surface area contributed by atoms with E-state index in [1.165, 1.54) is 5.56 Å². The molecule has 1 aromatic heterocycles. The van der Waals surface area contributed by atoms with Crippen LogP contribution < -0.4 is 10.6 Å². The van der Waals surface area contributed by atoms with Crippen LogP contribution in [-0.4, -0.2) is 21.4 Å². The number of amides is 2. The first-order valence-corrected chi connectivity index (χ1v) is 9.86. The van der Waals surface area contributed by atoms with E-state index in [2.05, 4.69) is 27.8 Å². The molecule has 0 spiro atoms. The van der Waals surface area contributed by atoms with Crippen LogP contribution in [0.3, 0.4) is 0 Å². The molecule has 4 rings (SSSR count). The van der Waals surface area contributed by atoms with E-state index in [9.17, 15) is 9.59 Å². The number of imidazole rings is 1. The van der Waals surface area contributed by atoms with Crippen molar-refractivity contribution in [3.8, 4) is 0 Å². The van der Waals surface area contributed by atoms with E-state index in [0.29, 0.717) is 25.8 Å². The molecule has 0 radical (unpaired) electrons. The van der Waals surface area contributed by atoms with Crippen molar-refractivity contribution in [2.24, 2.45) is 5.92 Å². The number of fused-ring (bicyclic) bond motifs is 1. The van der Waals surface area contributed by atoms with Crippen molar-refractivity contribution in [1.29, 1.82) is 0 Å². The molecule has 6 heteroatoms. The Balaban J connectivity index is 1.23. The number of nitrogens with zero attached hydrogens (tertiary/aromatic N) is 2. The van der Waals surface area contributed by atoms with Crippen molar-refractivity contribution < 1.29 is 9.59 Å². The van der Waals surface area contributed by atoms with Crippen LogP contribution in [0.15, 0.2) is 67.3 Å². The predicted molar refractivity (Wildman–Crippen MR) is 111 cm³/mol. The fourth-order valence-corrected chi connectivity index (χ4v) is 3.59. The smallest absolute Gasteiger partial charge is 0.227 e. The van der Waals surface area contributed by atoms with Gasteiger partial charge in [-0.25, -0.2) is 4.98 Å². The molecule has 0 bridgehead atoms. The molecule has 1 aliphatic heterocycles. The van der Waals surface area contributed by atoms with Gasteiger partial charge in [-0.2, -0.15) is 0 Å². The minimum Gasteiger partial charge on any atom is -0.352 e. The zero-order valence-corrected chi connectivity index (χ0v) is 16.2. The minimum atomic E-state index is -0.155. The minimum absolute atomic E-state index is 0.00461. The molecule has 0 saturated carbocycles. The number of aromatic nitrogens is 2. The average Bonchev–Trinajstić information content (AvgIpc) is 3.25. The highest BCUT2D eigenvalue weighted by atomic mass is 16.2. The molecule has 3 aromatic rings. The summed E-state index contributed by atoms with van der Waals surface area (Å²) in [7, 11) is 0. The first-order valence-electron chi connectivity index (χ1n) is 9.86. The SMILES string of the molecule is O=C(CC[C@@H]1Cc2ccccc2NC1=O)NCc1ccc(Cn2ccnc2)cc1. The first kappa shape index (κ1) is 18.9. The normalized spacial score (nSPS) is 15.4. The van der Waals surface area contributed by atoms with E-state index in [0.717, 1.165) is 23.4 Å². The topological polar surface area (TPSA) is 76.0 Å². The number of carbonyl (C=O) groups is 2. The Morgan fingerprint density at radius 3 is 2.72 bits per heavy atom. The van der Waals surface area contributed by atoms with Crippen LogP contribution in [0.1, 0.15) is 29.5 Å². The van der Waals surface area contributed by atoms with Crippen LogP contribution >= 0.6 is 0 Å². The molecule has 1 atom stereocenters. The van der Waals surface area contributed by atoms with Crippen molar-refractivity contribution in [3.05, 3.63) is 83.9 Å². The Morgan fingerprint density at radius 1 is 1.14 bits per heavy atom. The van der Waals surface area contributed by atoms with Gasteiger partial charge in [-0.3, -0.25) is 9.59 Å². The van der Waals surface area contributed by atoms with Crippen molar-refractivity contribution in [3.63, 3.8) is 0 Å². The van der Waals surface area contributed by atoms with E-state index in [-0.39, 0.29) is 17.7 Å². The van der Waals surface area contributed by atoms with Gasteiger partial charge in [-0.1, -0.05) is 42.5 Å². The maximum atomic E-state index is 12.2. The number of hydrogen-bond donors (Lipinski definition) is 2. The highest BCUT2D eigenvalue weighted by Gasteiger charge is 2.26. The molecule has 2 amide bonds. The van der Waals surface area contributed by atoms with Crippen molar-refractivity contribution >= 4 is 17.5 Å². The summed E-state index contributed by atoms with van der Waals surface area (Å²) in [6, 6.07) is 16.0. The van der Waals surface area contributed by atoms with Crippen molar-refractivity contribution in [2.45, 2.75) is 32.4 Å². The Bertz CT molecular complexity index is 980. The van der Waals surface area contributed by atoms with Crippen molar-refractivity contribution in [2.75, 3.05) is 5.32 Å². The summed E-state index contributed by atoms with van der Waals surface area (Å²) in [6.45, 7) is 1.27. The van der Waals surface area contributed by atoms with Crippen LogP contribution in [0.5, 0.6) is 0 Å². The van der Waals surface area contributed by atoms with Crippen LogP contribution in [0, 0.1) is 5.92 Å². The van der Waals surface area contributed by atoms with Gasteiger partial charge < -0.3 is 15.2 Å². The molecule has 1 aliphatic rings. The average molecular weight is 388 g/mol. The highest BCUT2D eigenvalue weighted by molar-refractivity contribution is 5.96. The molecule has 148 valence electrons. The molecule has 29 heavy (non-hydrogen) atoms. The van der Waals surface area contributed by atoms with Gasteiger partial charge in [0, 0.05) is 43.5 Å². The van der Waals surface area contributed by atoms with Crippen LogP contribution in [0.25, 0.3) is 0 Å². The number of rotatable bonds is 7. The van der Waals surface area contributed by atoms with E-state index < -0.39 is 0 Å². The highest BCUT2D eigenvalue weighted by Crippen LogP contribution is 2.27. The summed E-state index contributed by atoms with van der Waals surface area (Å²) < 4.78 is 2.01. The van der Waals surface area contributed by atoms with E-state index >= 15 is 0 Å². The molecule has 0 aliphatic carbocycles. The number of anilines is 1. The van der Waals surface area contributed by atoms with Gasteiger partial charge in [0.25, 0.3) is 0 Å². The van der Waals surface area contributed by atoms with Gasteiger partial charge in [0.1, 0.15) is 0 Å². The zero-order chi connectivity index (χ0) is 20.1. The molecule has 6 nitrogen and oxygen atoms in total. The van der Waals surface area contributed by atoms with Gasteiger partial charge in [0.15, 0.2) is 0 Å². The monoisotopic (exact) mass is 388 g/mol. The summed E-state index contributed by atoms with van der Waals surface area (Å²) in [5, 5.41) is 5.89. The third-order valence-corrected chi connectivity index (χ3v) is 5.27. The lowest BCUT2D eigenvalue weighted by Gasteiger charge is -2.24.